The SMILES string of the molecule is Cc1ccc(C(C)C)cc1-c1cnn(C)c1CN. The molecule has 0 radical (unpaired) electrons. The molecule has 18 heavy (non-hydrogen) atoms. The lowest BCUT2D eigenvalue weighted by Gasteiger charge is -2.12. The molecule has 0 saturated carbocycles. The number of benzene rings is 1. The highest BCUT2D eigenvalue weighted by atomic mass is 15.3. The maximum absolute atomic E-state index is 5.82. The Bertz CT molecular complexity index is 553. The van der Waals surface area contributed by atoms with Crippen molar-refractivity contribution in [1.82, 2.24) is 9.78 Å². The summed E-state index contributed by atoms with van der Waals surface area (Å²) in [6.07, 6.45) is 1.91. The van der Waals surface area contributed by atoms with Crippen LogP contribution in [-0.2, 0) is 13.6 Å². The normalized spacial score (nSPS) is 11.2. The van der Waals surface area contributed by atoms with Gasteiger partial charge in [-0.25, -0.2) is 0 Å². The Hall–Kier alpha value is -1.61. The van der Waals surface area contributed by atoms with Gasteiger partial charge in [-0.05, 0) is 29.5 Å². The highest BCUT2D eigenvalue weighted by Gasteiger charge is 2.12. The van der Waals surface area contributed by atoms with E-state index in [-0.39, 0.29) is 0 Å². The van der Waals surface area contributed by atoms with Crippen LogP contribution in [0.1, 0.15) is 36.6 Å². The summed E-state index contributed by atoms with van der Waals surface area (Å²) in [5, 5.41) is 4.32. The summed E-state index contributed by atoms with van der Waals surface area (Å²) in [6, 6.07) is 6.64. The molecule has 3 nitrogen and oxygen atoms in total. The fraction of sp³-hybridized carbons (Fsp3) is 0.400. The van der Waals surface area contributed by atoms with Crippen LogP contribution in [0.5, 0.6) is 0 Å². The van der Waals surface area contributed by atoms with Gasteiger partial charge in [-0.1, -0.05) is 32.0 Å². The monoisotopic (exact) mass is 243 g/mol. The third-order valence-electron chi connectivity index (χ3n) is 3.47. The largest absolute Gasteiger partial charge is 0.325 e. The first kappa shape index (κ1) is 12.8. The van der Waals surface area contributed by atoms with Gasteiger partial charge in [-0.2, -0.15) is 5.10 Å². The Morgan fingerprint density at radius 3 is 2.61 bits per heavy atom. The van der Waals surface area contributed by atoms with E-state index in [4.69, 9.17) is 5.73 Å². The minimum absolute atomic E-state index is 0.511. The molecule has 0 saturated heterocycles. The summed E-state index contributed by atoms with van der Waals surface area (Å²) < 4.78 is 1.86. The summed E-state index contributed by atoms with van der Waals surface area (Å²) >= 11 is 0. The summed E-state index contributed by atoms with van der Waals surface area (Å²) in [7, 11) is 1.94. The molecular formula is C15H21N3. The third kappa shape index (κ3) is 2.18. The van der Waals surface area contributed by atoms with Gasteiger partial charge in [0.25, 0.3) is 0 Å². The summed E-state index contributed by atoms with van der Waals surface area (Å²) in [4.78, 5) is 0. The van der Waals surface area contributed by atoms with Crippen molar-refractivity contribution in [3.8, 4) is 11.1 Å². The first-order valence-electron chi connectivity index (χ1n) is 6.36. The number of hydrogen-bond acceptors (Lipinski definition) is 2. The topological polar surface area (TPSA) is 43.8 Å². The van der Waals surface area contributed by atoms with Crippen LogP contribution in [0.15, 0.2) is 24.4 Å². The molecule has 0 aliphatic rings. The average molecular weight is 243 g/mol. The van der Waals surface area contributed by atoms with E-state index in [0.717, 1.165) is 11.3 Å². The van der Waals surface area contributed by atoms with Crippen molar-refractivity contribution in [3.05, 3.63) is 41.2 Å². The number of nitrogens with zero attached hydrogens (tertiary/aromatic N) is 2. The molecule has 0 unspecified atom stereocenters. The first-order chi connectivity index (χ1) is 8.54. The Morgan fingerprint density at radius 2 is 2.00 bits per heavy atom. The zero-order chi connectivity index (χ0) is 13.3. The second-order valence-corrected chi connectivity index (χ2v) is 5.06. The molecule has 2 aromatic rings. The Kier molecular flexibility index (Phi) is 3.53. The molecule has 0 amide bonds. The predicted molar refractivity (Wildman–Crippen MR) is 75.4 cm³/mol. The van der Waals surface area contributed by atoms with E-state index >= 15 is 0 Å². The number of aryl methyl sites for hydroxylation is 2. The van der Waals surface area contributed by atoms with Gasteiger partial charge in [0.15, 0.2) is 0 Å². The van der Waals surface area contributed by atoms with E-state index in [0.29, 0.717) is 12.5 Å². The van der Waals surface area contributed by atoms with Crippen molar-refractivity contribution < 1.29 is 0 Å². The fourth-order valence-electron chi connectivity index (χ4n) is 2.22. The third-order valence-corrected chi connectivity index (χ3v) is 3.47. The number of nitrogens with two attached hydrogens (primary N) is 1. The quantitative estimate of drug-likeness (QED) is 0.900. The Labute approximate surface area is 109 Å². The standard InChI is InChI=1S/C15H21N3/c1-10(2)12-6-5-11(3)13(7-12)14-9-17-18(4)15(14)8-16/h5-7,9-10H,8,16H2,1-4H3. The molecule has 3 heteroatoms. The molecule has 96 valence electrons. The van der Waals surface area contributed by atoms with Crippen LogP contribution in [-0.4, -0.2) is 9.78 Å². The molecule has 0 fully saturated rings. The van der Waals surface area contributed by atoms with Gasteiger partial charge in [0.1, 0.15) is 0 Å². The van der Waals surface area contributed by atoms with Crippen molar-refractivity contribution >= 4 is 0 Å². The summed E-state index contributed by atoms with van der Waals surface area (Å²) in [5.74, 6) is 0.530. The van der Waals surface area contributed by atoms with Crippen LogP contribution in [0.2, 0.25) is 0 Å². The lowest BCUT2D eigenvalue weighted by molar-refractivity contribution is 0.712. The van der Waals surface area contributed by atoms with Gasteiger partial charge in [0.2, 0.25) is 0 Å². The molecule has 0 atom stereocenters. The van der Waals surface area contributed by atoms with Crippen molar-refractivity contribution in [1.29, 1.82) is 0 Å². The second kappa shape index (κ2) is 4.94. The zero-order valence-electron chi connectivity index (χ0n) is 11.6. The van der Waals surface area contributed by atoms with E-state index in [2.05, 4.69) is 44.1 Å². The first-order valence-corrected chi connectivity index (χ1v) is 6.36. The highest BCUT2D eigenvalue weighted by Crippen LogP contribution is 2.29. The van der Waals surface area contributed by atoms with Crippen molar-refractivity contribution in [2.75, 3.05) is 0 Å². The highest BCUT2D eigenvalue weighted by molar-refractivity contribution is 5.69. The molecular weight excluding hydrogens is 222 g/mol. The molecule has 2 rings (SSSR count). The van der Waals surface area contributed by atoms with Gasteiger partial charge in [0.05, 0.1) is 11.9 Å². The van der Waals surface area contributed by atoms with Crippen molar-refractivity contribution in [2.24, 2.45) is 12.8 Å². The lowest BCUT2D eigenvalue weighted by Crippen LogP contribution is -2.05. The molecule has 1 heterocycles. The number of aromatic nitrogens is 2. The molecule has 1 aromatic heterocycles. The van der Waals surface area contributed by atoms with Gasteiger partial charge < -0.3 is 5.73 Å². The van der Waals surface area contributed by atoms with Gasteiger partial charge in [-0.3, -0.25) is 4.68 Å². The van der Waals surface area contributed by atoms with Crippen molar-refractivity contribution in [3.63, 3.8) is 0 Å². The molecule has 0 spiro atoms. The maximum atomic E-state index is 5.82. The van der Waals surface area contributed by atoms with Gasteiger partial charge >= 0.3 is 0 Å². The summed E-state index contributed by atoms with van der Waals surface area (Å²) in [6.45, 7) is 7.06. The predicted octanol–water partition coefficient (Wildman–Crippen LogP) is 2.98. The number of hydrogen-bond donors (Lipinski definition) is 1. The van der Waals surface area contributed by atoms with Gasteiger partial charge in [0, 0.05) is 19.2 Å². The fourth-order valence-corrected chi connectivity index (χ4v) is 2.22. The minimum atomic E-state index is 0.511. The zero-order valence-corrected chi connectivity index (χ0v) is 11.6. The van der Waals surface area contributed by atoms with Crippen LogP contribution >= 0.6 is 0 Å². The Balaban J connectivity index is 2.59. The van der Waals surface area contributed by atoms with Crippen LogP contribution < -0.4 is 5.73 Å². The smallest absolute Gasteiger partial charge is 0.0595 e. The average Bonchev–Trinajstić information content (AvgIpc) is 2.70. The lowest BCUT2D eigenvalue weighted by atomic mass is 9.94. The van der Waals surface area contributed by atoms with E-state index in [9.17, 15) is 0 Å². The van der Waals surface area contributed by atoms with E-state index in [1.165, 1.54) is 16.7 Å². The molecule has 0 aliphatic carbocycles. The van der Waals surface area contributed by atoms with Crippen LogP contribution in [0.4, 0.5) is 0 Å². The summed E-state index contributed by atoms with van der Waals surface area (Å²) in [5.41, 5.74) is 11.9. The van der Waals surface area contributed by atoms with Crippen LogP contribution in [0.3, 0.4) is 0 Å². The minimum Gasteiger partial charge on any atom is -0.325 e. The van der Waals surface area contributed by atoms with Gasteiger partial charge in [-0.15, -0.1) is 0 Å². The molecule has 0 aliphatic heterocycles. The second-order valence-electron chi connectivity index (χ2n) is 5.06. The maximum Gasteiger partial charge on any atom is 0.0595 e. The Morgan fingerprint density at radius 1 is 1.28 bits per heavy atom. The van der Waals surface area contributed by atoms with Crippen LogP contribution in [0, 0.1) is 6.92 Å². The van der Waals surface area contributed by atoms with Crippen LogP contribution in [0.25, 0.3) is 11.1 Å². The molecule has 0 bridgehead atoms. The number of rotatable bonds is 3. The van der Waals surface area contributed by atoms with Crippen molar-refractivity contribution in [2.45, 2.75) is 33.2 Å². The molecule has 1 aromatic carbocycles. The van der Waals surface area contributed by atoms with E-state index in [1.807, 2.05) is 17.9 Å². The van der Waals surface area contributed by atoms with E-state index < -0.39 is 0 Å². The molecule has 2 N–H and O–H groups in total. The van der Waals surface area contributed by atoms with E-state index in [1.54, 1.807) is 0 Å².